The summed E-state index contributed by atoms with van der Waals surface area (Å²) >= 11 is 0. The highest BCUT2D eigenvalue weighted by molar-refractivity contribution is 6.03. The van der Waals surface area contributed by atoms with Crippen molar-refractivity contribution in [1.82, 2.24) is 0 Å². The minimum absolute atomic E-state index is 0.282. The number of esters is 2. The van der Waals surface area contributed by atoms with E-state index in [0.29, 0.717) is 36.9 Å². The third-order valence-electron chi connectivity index (χ3n) is 5.32. The number of hydrogen-bond donors (Lipinski definition) is 0. The Kier molecular flexibility index (Phi) is 12.4. The molecule has 4 heteroatoms. The third kappa shape index (κ3) is 10.8. The first kappa shape index (κ1) is 26.2. The van der Waals surface area contributed by atoms with Crippen molar-refractivity contribution in [2.24, 2.45) is 23.7 Å². The van der Waals surface area contributed by atoms with Gasteiger partial charge in [-0.3, -0.25) is 0 Å². The van der Waals surface area contributed by atoms with Gasteiger partial charge in [-0.05, 0) is 48.6 Å². The molecular weight excluding hydrogens is 376 g/mol. The van der Waals surface area contributed by atoms with E-state index < -0.39 is 11.9 Å². The van der Waals surface area contributed by atoms with Crippen molar-refractivity contribution in [1.29, 1.82) is 0 Å². The van der Waals surface area contributed by atoms with Gasteiger partial charge < -0.3 is 9.47 Å². The highest BCUT2D eigenvalue weighted by Crippen LogP contribution is 2.17. The molecule has 170 valence electrons. The Morgan fingerprint density at radius 1 is 0.667 bits per heavy atom. The molecule has 4 nitrogen and oxygen atoms in total. The van der Waals surface area contributed by atoms with Crippen LogP contribution in [-0.2, 0) is 9.47 Å². The van der Waals surface area contributed by atoms with Crippen LogP contribution in [0.2, 0.25) is 0 Å². The molecule has 1 aromatic rings. The summed E-state index contributed by atoms with van der Waals surface area (Å²) in [6.45, 7) is 13.8. The average Bonchev–Trinajstić information content (AvgIpc) is 2.69. The Balaban J connectivity index is 2.53. The van der Waals surface area contributed by atoms with Gasteiger partial charge in [0.15, 0.2) is 0 Å². The number of rotatable bonds is 14. The summed E-state index contributed by atoms with van der Waals surface area (Å²) in [5.74, 6) is 1.08. The van der Waals surface area contributed by atoms with Crippen LogP contribution in [0.25, 0.3) is 0 Å². The lowest BCUT2D eigenvalue weighted by atomic mass is 10.0. The van der Waals surface area contributed by atoms with E-state index in [9.17, 15) is 9.59 Å². The fourth-order valence-corrected chi connectivity index (χ4v) is 3.35. The zero-order valence-corrected chi connectivity index (χ0v) is 19.9. The molecule has 0 aliphatic heterocycles. The highest BCUT2D eigenvalue weighted by atomic mass is 16.5. The van der Waals surface area contributed by atoms with Crippen LogP contribution in [0.5, 0.6) is 0 Å². The summed E-state index contributed by atoms with van der Waals surface area (Å²) < 4.78 is 11.0. The second-order valence-electron chi connectivity index (χ2n) is 9.60. The molecular formula is C26H42O4. The molecule has 0 aliphatic carbocycles. The summed E-state index contributed by atoms with van der Waals surface area (Å²) in [5.41, 5.74) is 0.564. The largest absolute Gasteiger partial charge is 0.462 e. The maximum Gasteiger partial charge on any atom is 0.339 e. The van der Waals surface area contributed by atoms with E-state index in [2.05, 4.69) is 41.5 Å². The maximum atomic E-state index is 12.6. The molecule has 2 atom stereocenters. The first-order chi connectivity index (χ1) is 14.2. The van der Waals surface area contributed by atoms with Crippen molar-refractivity contribution < 1.29 is 19.1 Å². The molecule has 0 amide bonds. The van der Waals surface area contributed by atoms with Gasteiger partial charge in [0.25, 0.3) is 0 Å². The summed E-state index contributed by atoms with van der Waals surface area (Å²) in [5, 5.41) is 0. The second kappa shape index (κ2) is 14.2. The summed E-state index contributed by atoms with van der Waals surface area (Å²) in [4.78, 5) is 25.1. The van der Waals surface area contributed by atoms with Crippen LogP contribution in [-0.4, -0.2) is 25.2 Å². The zero-order valence-electron chi connectivity index (χ0n) is 19.9. The maximum absolute atomic E-state index is 12.6. The van der Waals surface area contributed by atoms with Crippen molar-refractivity contribution in [2.75, 3.05) is 13.2 Å². The van der Waals surface area contributed by atoms with Gasteiger partial charge in [-0.25, -0.2) is 9.59 Å². The number of benzene rings is 1. The van der Waals surface area contributed by atoms with E-state index >= 15 is 0 Å². The number of hydrogen-bond acceptors (Lipinski definition) is 4. The topological polar surface area (TPSA) is 52.6 Å². The van der Waals surface area contributed by atoms with E-state index in [4.69, 9.17) is 9.47 Å². The van der Waals surface area contributed by atoms with Crippen LogP contribution in [0.4, 0.5) is 0 Å². The van der Waals surface area contributed by atoms with Gasteiger partial charge in [0.05, 0.1) is 24.3 Å². The first-order valence-corrected chi connectivity index (χ1v) is 11.6. The van der Waals surface area contributed by atoms with Crippen molar-refractivity contribution >= 4 is 11.9 Å². The third-order valence-corrected chi connectivity index (χ3v) is 5.32. The van der Waals surface area contributed by atoms with E-state index in [1.54, 1.807) is 24.3 Å². The van der Waals surface area contributed by atoms with Gasteiger partial charge in [0.1, 0.15) is 0 Å². The van der Waals surface area contributed by atoms with Gasteiger partial charge in [-0.1, -0.05) is 79.4 Å². The first-order valence-electron chi connectivity index (χ1n) is 11.6. The van der Waals surface area contributed by atoms with E-state index in [0.717, 1.165) is 25.7 Å². The highest BCUT2D eigenvalue weighted by Gasteiger charge is 2.20. The smallest absolute Gasteiger partial charge is 0.339 e. The van der Waals surface area contributed by atoms with Crippen LogP contribution in [0.3, 0.4) is 0 Å². The Bertz CT molecular complexity index is 581. The summed E-state index contributed by atoms with van der Waals surface area (Å²) in [6, 6.07) is 6.75. The van der Waals surface area contributed by atoms with Crippen molar-refractivity contribution in [2.45, 2.75) is 80.1 Å². The normalized spacial score (nSPS) is 13.3. The molecule has 1 aromatic carbocycles. The fourth-order valence-electron chi connectivity index (χ4n) is 3.35. The van der Waals surface area contributed by atoms with Crippen LogP contribution in [0.15, 0.2) is 24.3 Å². The summed E-state index contributed by atoms with van der Waals surface area (Å²) in [6.07, 6.45) is 6.70. The monoisotopic (exact) mass is 418 g/mol. The van der Waals surface area contributed by atoms with E-state index in [-0.39, 0.29) is 11.1 Å². The Morgan fingerprint density at radius 2 is 1.03 bits per heavy atom. The lowest BCUT2D eigenvalue weighted by Gasteiger charge is -2.15. The molecule has 0 fully saturated rings. The van der Waals surface area contributed by atoms with Crippen LogP contribution >= 0.6 is 0 Å². The predicted octanol–water partition coefficient (Wildman–Crippen LogP) is 6.93. The molecule has 1 rings (SSSR count). The lowest BCUT2D eigenvalue weighted by Crippen LogP contribution is -2.18. The average molecular weight is 419 g/mol. The fraction of sp³-hybridized carbons (Fsp3) is 0.692. The standard InChI is InChI=1S/C26H42O4/c1-19(2)11-9-13-21(5)17-29-25(27)23-15-7-8-16-24(23)26(28)30-18-22(6)14-10-12-20(3)4/h7-8,15-16,19-22H,9-14,17-18H2,1-6H3. The second-order valence-corrected chi connectivity index (χ2v) is 9.60. The summed E-state index contributed by atoms with van der Waals surface area (Å²) in [7, 11) is 0. The molecule has 0 radical (unpaired) electrons. The molecule has 0 heterocycles. The number of carbonyl (C=O) groups is 2. The molecule has 30 heavy (non-hydrogen) atoms. The zero-order chi connectivity index (χ0) is 22.5. The molecule has 2 unspecified atom stereocenters. The van der Waals surface area contributed by atoms with Gasteiger partial charge >= 0.3 is 11.9 Å². The Morgan fingerprint density at radius 3 is 1.37 bits per heavy atom. The Labute approximate surface area is 183 Å². The lowest BCUT2D eigenvalue weighted by molar-refractivity contribution is 0.0395. The quantitative estimate of drug-likeness (QED) is 0.308. The van der Waals surface area contributed by atoms with Crippen LogP contribution < -0.4 is 0 Å². The molecule has 0 aromatic heterocycles. The van der Waals surface area contributed by atoms with Gasteiger partial charge in [0, 0.05) is 0 Å². The van der Waals surface area contributed by atoms with E-state index in [1.165, 1.54) is 12.8 Å². The molecule has 0 N–H and O–H groups in total. The van der Waals surface area contributed by atoms with Crippen molar-refractivity contribution in [3.63, 3.8) is 0 Å². The van der Waals surface area contributed by atoms with Gasteiger partial charge in [-0.2, -0.15) is 0 Å². The van der Waals surface area contributed by atoms with Gasteiger partial charge in [-0.15, -0.1) is 0 Å². The Hall–Kier alpha value is -1.84. The van der Waals surface area contributed by atoms with Gasteiger partial charge in [0.2, 0.25) is 0 Å². The van der Waals surface area contributed by atoms with Crippen molar-refractivity contribution in [3.8, 4) is 0 Å². The molecule has 0 bridgehead atoms. The minimum Gasteiger partial charge on any atom is -0.462 e. The number of carbonyl (C=O) groups excluding carboxylic acids is 2. The molecule has 0 aliphatic rings. The SMILES string of the molecule is CC(C)CCCC(C)COC(=O)c1ccccc1C(=O)OCC(C)CCCC(C)C. The molecule has 0 saturated heterocycles. The van der Waals surface area contributed by atoms with Crippen molar-refractivity contribution in [3.05, 3.63) is 35.4 Å². The van der Waals surface area contributed by atoms with Crippen LogP contribution in [0, 0.1) is 23.7 Å². The molecule has 0 saturated carbocycles. The predicted molar refractivity (Wildman–Crippen MR) is 123 cm³/mol. The number of ether oxygens (including phenoxy) is 2. The minimum atomic E-state index is -0.455. The van der Waals surface area contributed by atoms with E-state index in [1.807, 2.05) is 0 Å². The van der Waals surface area contributed by atoms with Crippen LogP contribution in [0.1, 0.15) is 101 Å². The molecule has 0 spiro atoms.